The minimum atomic E-state index is -1.56. The number of carbonyl (C=O) groups is 1. The number of amides is 1. The molecule has 0 radical (unpaired) electrons. The lowest BCUT2D eigenvalue weighted by Gasteiger charge is -2.40. The molecule has 368 valence electrons. The van der Waals surface area contributed by atoms with Gasteiger partial charge in [0.15, 0.2) is 6.29 Å². The lowest BCUT2D eigenvalue weighted by molar-refractivity contribution is -0.302. The summed E-state index contributed by atoms with van der Waals surface area (Å²) in [7, 11) is 0. The van der Waals surface area contributed by atoms with Crippen LogP contribution in [0.15, 0.2) is 12.2 Å². The van der Waals surface area contributed by atoms with E-state index >= 15 is 0 Å². The van der Waals surface area contributed by atoms with Crippen molar-refractivity contribution < 1.29 is 39.8 Å². The van der Waals surface area contributed by atoms with E-state index in [1.54, 1.807) is 6.08 Å². The largest absolute Gasteiger partial charge is 0.394 e. The van der Waals surface area contributed by atoms with Crippen LogP contribution in [-0.2, 0) is 14.3 Å². The Hall–Kier alpha value is -1.07. The molecule has 1 heterocycles. The van der Waals surface area contributed by atoms with E-state index in [9.17, 15) is 30.3 Å². The second-order valence-corrected chi connectivity index (χ2v) is 19.0. The van der Waals surface area contributed by atoms with Crippen LogP contribution in [0.4, 0.5) is 0 Å². The molecule has 1 aliphatic rings. The van der Waals surface area contributed by atoms with Crippen LogP contribution in [0.1, 0.15) is 264 Å². The van der Waals surface area contributed by atoms with Crippen molar-refractivity contribution in [2.45, 2.75) is 307 Å². The van der Waals surface area contributed by atoms with Gasteiger partial charge in [-0.15, -0.1) is 0 Å². The maximum Gasteiger partial charge on any atom is 0.220 e. The highest BCUT2D eigenvalue weighted by molar-refractivity contribution is 5.76. The number of hydrogen-bond acceptors (Lipinski definition) is 8. The molecule has 0 aromatic rings. The van der Waals surface area contributed by atoms with Crippen LogP contribution < -0.4 is 5.32 Å². The van der Waals surface area contributed by atoms with E-state index in [1.165, 1.54) is 205 Å². The first-order valence-electron chi connectivity index (χ1n) is 26.9. The molecule has 9 heteroatoms. The Morgan fingerprint density at radius 2 is 0.887 bits per heavy atom. The van der Waals surface area contributed by atoms with Crippen molar-refractivity contribution in [3.8, 4) is 0 Å². The number of aliphatic hydroxyl groups is 5. The van der Waals surface area contributed by atoms with Crippen molar-refractivity contribution in [2.75, 3.05) is 13.2 Å². The third-order valence-electron chi connectivity index (χ3n) is 13.1. The van der Waals surface area contributed by atoms with Gasteiger partial charge in [0.1, 0.15) is 24.4 Å². The fraction of sp³-hybridized carbons (Fsp3) is 0.943. The molecule has 0 aliphatic carbocycles. The van der Waals surface area contributed by atoms with Crippen molar-refractivity contribution in [1.29, 1.82) is 0 Å². The molecular weight excluding hydrogens is 779 g/mol. The summed E-state index contributed by atoms with van der Waals surface area (Å²) in [6, 6.07) is -0.798. The summed E-state index contributed by atoms with van der Waals surface area (Å²) in [5.41, 5.74) is 0. The maximum atomic E-state index is 12.9. The molecule has 0 bridgehead atoms. The zero-order valence-electron chi connectivity index (χ0n) is 40.6. The molecule has 1 rings (SSSR count). The Kier molecular flexibility index (Phi) is 41.6. The van der Waals surface area contributed by atoms with E-state index in [4.69, 9.17) is 9.47 Å². The summed E-state index contributed by atoms with van der Waals surface area (Å²) in [5.74, 6) is -0.175. The molecule has 0 spiro atoms. The summed E-state index contributed by atoms with van der Waals surface area (Å²) in [4.78, 5) is 12.9. The topological polar surface area (TPSA) is 149 Å². The molecule has 1 aliphatic heterocycles. The van der Waals surface area contributed by atoms with E-state index in [-0.39, 0.29) is 12.5 Å². The average Bonchev–Trinajstić information content (AvgIpc) is 3.27. The number of rotatable bonds is 46. The Morgan fingerprint density at radius 1 is 0.532 bits per heavy atom. The lowest BCUT2D eigenvalue weighted by Crippen LogP contribution is -2.60. The van der Waals surface area contributed by atoms with Crippen molar-refractivity contribution in [1.82, 2.24) is 5.32 Å². The SMILES string of the molecule is CCCCCCCCCCCCCCCCCCCCCCCCCCCC/C=C/C(O)C(COC1OC(CO)C(O)C(O)C1O)NC(=O)CCCCCCCCCCCCC. The Bertz CT molecular complexity index is 981. The number of unbranched alkanes of at least 4 members (excludes halogenated alkanes) is 36. The van der Waals surface area contributed by atoms with Gasteiger partial charge in [0.25, 0.3) is 0 Å². The predicted molar refractivity (Wildman–Crippen MR) is 258 cm³/mol. The molecule has 0 aromatic carbocycles. The van der Waals surface area contributed by atoms with E-state index in [0.717, 1.165) is 38.5 Å². The monoisotopic (exact) mass is 882 g/mol. The smallest absolute Gasteiger partial charge is 0.220 e. The fourth-order valence-electron chi connectivity index (χ4n) is 8.81. The summed E-state index contributed by atoms with van der Waals surface area (Å²) in [5, 5.41) is 54.3. The molecule has 1 fully saturated rings. The highest BCUT2D eigenvalue weighted by Gasteiger charge is 2.44. The number of nitrogens with one attached hydrogen (secondary N) is 1. The van der Waals surface area contributed by atoms with Crippen molar-refractivity contribution >= 4 is 5.91 Å². The van der Waals surface area contributed by atoms with Gasteiger partial charge in [0.2, 0.25) is 5.91 Å². The second kappa shape index (κ2) is 43.8. The summed E-state index contributed by atoms with van der Waals surface area (Å²) in [6.45, 7) is 3.79. The molecule has 1 amide bonds. The number of ether oxygens (including phenoxy) is 2. The number of allylic oxidation sites excluding steroid dienone is 1. The van der Waals surface area contributed by atoms with Crippen LogP contribution in [0.3, 0.4) is 0 Å². The van der Waals surface area contributed by atoms with Gasteiger partial charge < -0.3 is 40.3 Å². The van der Waals surface area contributed by atoms with Gasteiger partial charge in [0, 0.05) is 6.42 Å². The third-order valence-corrected chi connectivity index (χ3v) is 13.1. The molecule has 6 N–H and O–H groups in total. The molecule has 7 unspecified atom stereocenters. The quantitative estimate of drug-likeness (QED) is 0.0261. The fourth-order valence-corrected chi connectivity index (χ4v) is 8.81. The molecule has 1 saturated heterocycles. The van der Waals surface area contributed by atoms with Gasteiger partial charge in [-0.3, -0.25) is 4.79 Å². The van der Waals surface area contributed by atoms with Gasteiger partial charge in [-0.25, -0.2) is 0 Å². The van der Waals surface area contributed by atoms with Crippen LogP contribution in [0.25, 0.3) is 0 Å². The van der Waals surface area contributed by atoms with Gasteiger partial charge in [0.05, 0.1) is 25.4 Å². The van der Waals surface area contributed by atoms with Gasteiger partial charge in [-0.1, -0.05) is 251 Å². The summed E-state index contributed by atoms with van der Waals surface area (Å²) < 4.78 is 11.2. The molecule has 7 atom stereocenters. The number of carbonyl (C=O) groups excluding carboxylic acids is 1. The third kappa shape index (κ3) is 33.4. The maximum absolute atomic E-state index is 12.9. The first kappa shape index (κ1) is 58.9. The van der Waals surface area contributed by atoms with Crippen LogP contribution in [0, 0.1) is 0 Å². The highest BCUT2D eigenvalue weighted by Crippen LogP contribution is 2.23. The predicted octanol–water partition coefficient (Wildman–Crippen LogP) is 12.5. The molecule has 0 aromatic heterocycles. The van der Waals surface area contributed by atoms with Crippen LogP contribution in [-0.4, -0.2) is 87.5 Å². The van der Waals surface area contributed by atoms with E-state index < -0.39 is 49.5 Å². The minimum Gasteiger partial charge on any atom is -0.394 e. The first-order chi connectivity index (χ1) is 30.3. The van der Waals surface area contributed by atoms with Gasteiger partial charge in [-0.05, 0) is 19.3 Å². The molecular formula is C53H103NO8. The minimum absolute atomic E-state index is 0.175. The highest BCUT2D eigenvalue weighted by atomic mass is 16.7. The number of hydrogen-bond donors (Lipinski definition) is 6. The zero-order chi connectivity index (χ0) is 45.1. The summed E-state index contributed by atoms with van der Waals surface area (Å²) >= 11 is 0. The Labute approximate surface area is 382 Å². The van der Waals surface area contributed by atoms with Crippen LogP contribution in [0.2, 0.25) is 0 Å². The van der Waals surface area contributed by atoms with Crippen LogP contribution >= 0.6 is 0 Å². The van der Waals surface area contributed by atoms with Crippen molar-refractivity contribution in [3.05, 3.63) is 12.2 Å². The lowest BCUT2D eigenvalue weighted by atomic mass is 9.99. The zero-order valence-corrected chi connectivity index (χ0v) is 40.6. The Morgan fingerprint density at radius 3 is 1.26 bits per heavy atom. The second-order valence-electron chi connectivity index (χ2n) is 19.0. The van der Waals surface area contributed by atoms with Crippen molar-refractivity contribution in [3.63, 3.8) is 0 Å². The number of aliphatic hydroxyl groups excluding tert-OH is 5. The molecule has 9 nitrogen and oxygen atoms in total. The van der Waals surface area contributed by atoms with Crippen molar-refractivity contribution in [2.24, 2.45) is 0 Å². The summed E-state index contributed by atoms with van der Waals surface area (Å²) in [6.07, 6.45) is 45.7. The van der Waals surface area contributed by atoms with Gasteiger partial charge >= 0.3 is 0 Å². The molecule has 62 heavy (non-hydrogen) atoms. The van der Waals surface area contributed by atoms with Gasteiger partial charge in [-0.2, -0.15) is 0 Å². The first-order valence-corrected chi connectivity index (χ1v) is 26.9. The van der Waals surface area contributed by atoms with E-state index in [2.05, 4.69) is 19.2 Å². The standard InChI is InChI=1S/C53H103NO8/c1-3-5-7-9-11-13-15-16-17-18-19-20-21-22-23-24-25-26-27-28-29-30-31-33-34-36-38-40-42-47(56)46(45-61-53-52(60)51(59)50(58)48(44-55)62-53)54-49(57)43-41-39-37-35-32-14-12-10-8-6-4-2/h40,42,46-48,50-53,55-56,58-60H,3-39,41,43-45H2,1-2H3,(H,54,57)/b42-40+. The molecule has 0 saturated carbocycles. The average molecular weight is 882 g/mol. The normalized spacial score (nSPS) is 20.3. The van der Waals surface area contributed by atoms with E-state index in [1.807, 2.05) is 6.08 Å². The van der Waals surface area contributed by atoms with E-state index in [0.29, 0.717) is 6.42 Å². The Balaban J connectivity index is 2.17. The van der Waals surface area contributed by atoms with Crippen LogP contribution in [0.5, 0.6) is 0 Å².